The fourth-order valence-corrected chi connectivity index (χ4v) is 1.80. The molecule has 0 aromatic rings. The van der Waals surface area contributed by atoms with Gasteiger partial charge in [-0.1, -0.05) is 13.8 Å². The number of rotatable bonds is 3. The Labute approximate surface area is 80.1 Å². The molecule has 0 aromatic carbocycles. The summed E-state index contributed by atoms with van der Waals surface area (Å²) in [6, 6.07) is 0.630. The molecule has 1 saturated carbocycles. The quantitative estimate of drug-likeness (QED) is 0.688. The lowest BCUT2D eigenvalue weighted by Crippen LogP contribution is -2.34. The van der Waals surface area contributed by atoms with Crippen LogP contribution < -0.4 is 11.1 Å². The first-order chi connectivity index (χ1) is 6.08. The van der Waals surface area contributed by atoms with Crippen molar-refractivity contribution >= 4 is 5.91 Å². The molecule has 2 atom stereocenters. The molecule has 0 heterocycles. The number of amides is 1. The van der Waals surface area contributed by atoms with Crippen molar-refractivity contribution in [3.8, 4) is 0 Å². The van der Waals surface area contributed by atoms with E-state index in [0.29, 0.717) is 24.4 Å². The van der Waals surface area contributed by atoms with Crippen molar-refractivity contribution in [2.24, 2.45) is 11.7 Å². The van der Waals surface area contributed by atoms with E-state index in [4.69, 9.17) is 5.73 Å². The smallest absolute Gasteiger partial charge is 0.220 e. The van der Waals surface area contributed by atoms with Gasteiger partial charge >= 0.3 is 0 Å². The summed E-state index contributed by atoms with van der Waals surface area (Å²) in [7, 11) is 0. The maximum atomic E-state index is 11.4. The average Bonchev–Trinajstić information content (AvgIpc) is 2.33. The zero-order chi connectivity index (χ0) is 9.84. The topological polar surface area (TPSA) is 55.1 Å². The summed E-state index contributed by atoms with van der Waals surface area (Å²) in [5, 5.41) is 3.02. The summed E-state index contributed by atoms with van der Waals surface area (Å²) < 4.78 is 0. The van der Waals surface area contributed by atoms with Crippen LogP contribution in [0.4, 0.5) is 0 Å². The summed E-state index contributed by atoms with van der Waals surface area (Å²) in [5.74, 6) is 0.615. The Morgan fingerprint density at radius 2 is 2.23 bits per heavy atom. The molecule has 3 nitrogen and oxygen atoms in total. The van der Waals surface area contributed by atoms with Crippen LogP contribution in [0.1, 0.15) is 39.5 Å². The van der Waals surface area contributed by atoms with Gasteiger partial charge in [0.1, 0.15) is 0 Å². The predicted molar refractivity (Wildman–Crippen MR) is 53.2 cm³/mol. The van der Waals surface area contributed by atoms with Crippen LogP contribution in [0.15, 0.2) is 0 Å². The van der Waals surface area contributed by atoms with Crippen LogP contribution in [0.2, 0.25) is 0 Å². The summed E-state index contributed by atoms with van der Waals surface area (Å²) >= 11 is 0. The summed E-state index contributed by atoms with van der Waals surface area (Å²) in [6.07, 6.45) is 3.67. The van der Waals surface area contributed by atoms with Crippen LogP contribution in [-0.2, 0) is 4.79 Å². The molecular weight excluding hydrogens is 164 g/mol. The minimum Gasteiger partial charge on any atom is -0.353 e. The Balaban J connectivity index is 2.21. The molecule has 0 bridgehead atoms. The highest BCUT2D eigenvalue weighted by molar-refractivity contribution is 5.76. The molecule has 0 unspecified atom stereocenters. The van der Waals surface area contributed by atoms with E-state index in [1.165, 1.54) is 0 Å². The number of hydrogen-bond donors (Lipinski definition) is 2. The molecule has 0 saturated heterocycles. The second-order valence-corrected chi connectivity index (χ2v) is 4.44. The predicted octanol–water partition coefficient (Wildman–Crippen LogP) is 1.03. The SMILES string of the molecule is CC(C)CC(=O)N[C@@H]1CC[C@H](N)C1. The third-order valence-corrected chi connectivity index (χ3v) is 2.43. The first-order valence-electron chi connectivity index (χ1n) is 5.13. The fraction of sp³-hybridized carbons (Fsp3) is 0.900. The van der Waals surface area contributed by atoms with Gasteiger partial charge in [-0.15, -0.1) is 0 Å². The van der Waals surface area contributed by atoms with Gasteiger partial charge in [0.25, 0.3) is 0 Å². The third-order valence-electron chi connectivity index (χ3n) is 2.43. The maximum Gasteiger partial charge on any atom is 0.220 e. The standard InChI is InChI=1S/C10H20N2O/c1-7(2)5-10(13)12-9-4-3-8(11)6-9/h7-9H,3-6,11H2,1-2H3,(H,12,13)/t8-,9+/m0/s1. The number of carbonyl (C=O) groups is 1. The van der Waals surface area contributed by atoms with Gasteiger partial charge in [0, 0.05) is 18.5 Å². The minimum atomic E-state index is 0.175. The number of carbonyl (C=O) groups excluding carboxylic acids is 1. The Morgan fingerprint density at radius 3 is 2.69 bits per heavy atom. The molecule has 1 aliphatic rings. The molecule has 0 aliphatic heterocycles. The Morgan fingerprint density at radius 1 is 1.54 bits per heavy atom. The summed E-state index contributed by atoms with van der Waals surface area (Å²) in [5.41, 5.74) is 5.75. The summed E-state index contributed by atoms with van der Waals surface area (Å²) in [4.78, 5) is 11.4. The van der Waals surface area contributed by atoms with Gasteiger partial charge in [0.05, 0.1) is 0 Å². The minimum absolute atomic E-state index is 0.175. The molecule has 1 fully saturated rings. The molecule has 0 spiro atoms. The van der Waals surface area contributed by atoms with Crippen LogP contribution in [0, 0.1) is 5.92 Å². The van der Waals surface area contributed by atoms with E-state index < -0.39 is 0 Å². The fourth-order valence-electron chi connectivity index (χ4n) is 1.80. The van der Waals surface area contributed by atoms with E-state index in [1.54, 1.807) is 0 Å². The van der Waals surface area contributed by atoms with Crippen molar-refractivity contribution in [1.82, 2.24) is 5.32 Å². The van der Waals surface area contributed by atoms with Gasteiger partial charge in [0.15, 0.2) is 0 Å². The molecular formula is C10H20N2O. The highest BCUT2D eigenvalue weighted by Crippen LogP contribution is 2.17. The largest absolute Gasteiger partial charge is 0.353 e. The maximum absolute atomic E-state index is 11.4. The molecule has 13 heavy (non-hydrogen) atoms. The van der Waals surface area contributed by atoms with Gasteiger partial charge in [-0.3, -0.25) is 4.79 Å². The van der Waals surface area contributed by atoms with Crippen molar-refractivity contribution in [3.63, 3.8) is 0 Å². The monoisotopic (exact) mass is 184 g/mol. The Hall–Kier alpha value is -0.570. The zero-order valence-corrected chi connectivity index (χ0v) is 8.55. The average molecular weight is 184 g/mol. The van der Waals surface area contributed by atoms with Gasteiger partial charge in [-0.05, 0) is 25.2 Å². The van der Waals surface area contributed by atoms with Crippen LogP contribution in [0.25, 0.3) is 0 Å². The molecule has 1 amide bonds. The van der Waals surface area contributed by atoms with Crippen molar-refractivity contribution in [3.05, 3.63) is 0 Å². The van der Waals surface area contributed by atoms with Crippen molar-refractivity contribution in [2.45, 2.75) is 51.6 Å². The Bertz CT molecular complexity index is 180. The van der Waals surface area contributed by atoms with E-state index in [9.17, 15) is 4.79 Å². The highest BCUT2D eigenvalue weighted by Gasteiger charge is 2.22. The second kappa shape index (κ2) is 4.61. The first-order valence-corrected chi connectivity index (χ1v) is 5.13. The lowest BCUT2D eigenvalue weighted by molar-refractivity contribution is -0.122. The van der Waals surface area contributed by atoms with E-state index in [2.05, 4.69) is 19.2 Å². The van der Waals surface area contributed by atoms with Crippen LogP contribution >= 0.6 is 0 Å². The number of nitrogens with two attached hydrogens (primary N) is 1. The molecule has 76 valence electrons. The molecule has 0 radical (unpaired) electrons. The molecule has 1 rings (SSSR count). The first kappa shape index (κ1) is 10.5. The van der Waals surface area contributed by atoms with Crippen LogP contribution in [0.5, 0.6) is 0 Å². The second-order valence-electron chi connectivity index (χ2n) is 4.44. The molecule has 3 heteroatoms. The van der Waals surface area contributed by atoms with E-state index in [1.807, 2.05) is 0 Å². The van der Waals surface area contributed by atoms with Crippen LogP contribution in [-0.4, -0.2) is 18.0 Å². The molecule has 3 N–H and O–H groups in total. The Kier molecular flexibility index (Phi) is 3.72. The third kappa shape index (κ3) is 3.77. The number of hydrogen-bond acceptors (Lipinski definition) is 2. The summed E-state index contributed by atoms with van der Waals surface area (Å²) in [6.45, 7) is 4.11. The molecule has 0 aromatic heterocycles. The van der Waals surface area contributed by atoms with Crippen LogP contribution in [0.3, 0.4) is 0 Å². The lowest BCUT2D eigenvalue weighted by atomic mass is 10.1. The van der Waals surface area contributed by atoms with Gasteiger partial charge in [-0.25, -0.2) is 0 Å². The highest BCUT2D eigenvalue weighted by atomic mass is 16.1. The van der Waals surface area contributed by atoms with Gasteiger partial charge in [0.2, 0.25) is 5.91 Å². The van der Waals surface area contributed by atoms with E-state index in [0.717, 1.165) is 19.3 Å². The normalized spacial score (nSPS) is 28.0. The molecule has 1 aliphatic carbocycles. The van der Waals surface area contributed by atoms with Gasteiger partial charge in [-0.2, -0.15) is 0 Å². The van der Waals surface area contributed by atoms with E-state index >= 15 is 0 Å². The zero-order valence-electron chi connectivity index (χ0n) is 8.55. The van der Waals surface area contributed by atoms with Crippen molar-refractivity contribution in [2.75, 3.05) is 0 Å². The van der Waals surface area contributed by atoms with E-state index in [-0.39, 0.29) is 5.91 Å². The van der Waals surface area contributed by atoms with Crippen molar-refractivity contribution < 1.29 is 4.79 Å². The number of nitrogens with one attached hydrogen (secondary N) is 1. The lowest BCUT2D eigenvalue weighted by Gasteiger charge is -2.13. The van der Waals surface area contributed by atoms with Crippen molar-refractivity contribution in [1.29, 1.82) is 0 Å². The van der Waals surface area contributed by atoms with Gasteiger partial charge < -0.3 is 11.1 Å².